The van der Waals surface area contributed by atoms with Gasteiger partial charge in [-0.25, -0.2) is 0 Å². The zero-order valence-electron chi connectivity index (χ0n) is 11.0. The van der Waals surface area contributed by atoms with Crippen molar-refractivity contribution >= 4 is 5.69 Å². The molecule has 18 heavy (non-hydrogen) atoms. The van der Waals surface area contributed by atoms with E-state index in [2.05, 4.69) is 40.1 Å². The summed E-state index contributed by atoms with van der Waals surface area (Å²) in [6.07, 6.45) is 3.82. The van der Waals surface area contributed by atoms with Gasteiger partial charge in [0.2, 0.25) is 0 Å². The number of nitrogens with two attached hydrogens (primary N) is 1. The number of hydrogen-bond donors (Lipinski definition) is 1. The zero-order chi connectivity index (χ0) is 12.4. The van der Waals surface area contributed by atoms with Gasteiger partial charge in [0, 0.05) is 44.0 Å². The Morgan fingerprint density at radius 2 is 1.67 bits per heavy atom. The summed E-state index contributed by atoms with van der Waals surface area (Å²) in [4.78, 5) is 5.09. The molecule has 2 fully saturated rings. The van der Waals surface area contributed by atoms with Crippen molar-refractivity contribution in [1.29, 1.82) is 0 Å². The van der Waals surface area contributed by atoms with Crippen LogP contribution in [0, 0.1) is 0 Å². The van der Waals surface area contributed by atoms with Gasteiger partial charge < -0.3 is 10.6 Å². The maximum atomic E-state index is 6.20. The molecule has 0 radical (unpaired) electrons. The average Bonchev–Trinajstić information content (AvgIpc) is 2.86. The average molecular weight is 245 g/mol. The molecule has 2 unspecified atom stereocenters. The Morgan fingerprint density at radius 3 is 2.28 bits per heavy atom. The fraction of sp³-hybridized carbons (Fsp3) is 0.600. The van der Waals surface area contributed by atoms with E-state index in [1.165, 1.54) is 24.9 Å². The number of para-hydroxylation sites is 1. The second-order valence-corrected chi connectivity index (χ2v) is 5.52. The van der Waals surface area contributed by atoms with E-state index in [4.69, 9.17) is 5.73 Å². The van der Waals surface area contributed by atoms with Crippen LogP contribution >= 0.6 is 0 Å². The molecule has 1 aliphatic heterocycles. The molecule has 0 bridgehead atoms. The van der Waals surface area contributed by atoms with Crippen molar-refractivity contribution < 1.29 is 0 Å². The third-order valence-electron chi connectivity index (χ3n) is 4.44. The summed E-state index contributed by atoms with van der Waals surface area (Å²) >= 11 is 0. The van der Waals surface area contributed by atoms with Crippen LogP contribution in [0.1, 0.15) is 19.3 Å². The molecule has 1 heterocycles. The summed E-state index contributed by atoms with van der Waals surface area (Å²) in [5.41, 5.74) is 7.55. The lowest BCUT2D eigenvalue weighted by molar-refractivity contribution is 0.175. The third-order valence-corrected chi connectivity index (χ3v) is 4.44. The summed E-state index contributed by atoms with van der Waals surface area (Å²) in [5, 5.41) is 0. The van der Waals surface area contributed by atoms with E-state index in [9.17, 15) is 0 Å². The number of rotatable bonds is 2. The van der Waals surface area contributed by atoms with Crippen molar-refractivity contribution in [2.45, 2.75) is 31.3 Å². The molecule has 98 valence electrons. The lowest BCUT2D eigenvalue weighted by Crippen LogP contribution is -2.53. The van der Waals surface area contributed by atoms with E-state index in [0.29, 0.717) is 12.1 Å². The standard InChI is InChI=1S/C15H23N3/c16-14-7-4-8-15(14)18-11-9-17(10-12-18)13-5-2-1-3-6-13/h1-3,5-6,14-15H,4,7-12,16H2. The van der Waals surface area contributed by atoms with Crippen molar-refractivity contribution in [3.8, 4) is 0 Å². The van der Waals surface area contributed by atoms with Crippen LogP contribution in [0.2, 0.25) is 0 Å². The smallest absolute Gasteiger partial charge is 0.0367 e. The number of hydrogen-bond acceptors (Lipinski definition) is 3. The number of benzene rings is 1. The van der Waals surface area contributed by atoms with Gasteiger partial charge in [-0.1, -0.05) is 24.6 Å². The molecule has 3 heteroatoms. The van der Waals surface area contributed by atoms with Gasteiger partial charge in [-0.3, -0.25) is 4.90 Å². The molecule has 3 nitrogen and oxygen atoms in total. The number of nitrogens with zero attached hydrogens (tertiary/aromatic N) is 2. The largest absolute Gasteiger partial charge is 0.369 e. The van der Waals surface area contributed by atoms with Crippen molar-refractivity contribution in [2.24, 2.45) is 5.73 Å². The van der Waals surface area contributed by atoms with Crippen LogP contribution in [0.3, 0.4) is 0 Å². The topological polar surface area (TPSA) is 32.5 Å². The van der Waals surface area contributed by atoms with Crippen LogP contribution in [0.25, 0.3) is 0 Å². The predicted molar refractivity (Wildman–Crippen MR) is 75.8 cm³/mol. The maximum absolute atomic E-state index is 6.20. The normalized spacial score (nSPS) is 29.7. The van der Waals surface area contributed by atoms with E-state index >= 15 is 0 Å². The Kier molecular flexibility index (Phi) is 3.52. The lowest BCUT2D eigenvalue weighted by atomic mass is 10.1. The van der Waals surface area contributed by atoms with Gasteiger partial charge >= 0.3 is 0 Å². The molecule has 1 aliphatic carbocycles. The van der Waals surface area contributed by atoms with Crippen molar-refractivity contribution in [2.75, 3.05) is 31.1 Å². The second kappa shape index (κ2) is 5.29. The SMILES string of the molecule is NC1CCCC1N1CCN(c2ccccc2)CC1. The minimum atomic E-state index is 0.410. The first-order valence-corrected chi connectivity index (χ1v) is 7.14. The number of anilines is 1. The summed E-state index contributed by atoms with van der Waals surface area (Å²) in [5.74, 6) is 0. The molecule has 1 aromatic rings. The highest BCUT2D eigenvalue weighted by Gasteiger charge is 2.31. The highest BCUT2D eigenvalue weighted by molar-refractivity contribution is 5.46. The molecule has 1 saturated carbocycles. The van der Waals surface area contributed by atoms with Crippen LogP contribution in [-0.2, 0) is 0 Å². The van der Waals surface area contributed by atoms with Crippen molar-refractivity contribution in [3.05, 3.63) is 30.3 Å². The van der Waals surface area contributed by atoms with E-state index in [1.807, 2.05) is 0 Å². The van der Waals surface area contributed by atoms with E-state index in [1.54, 1.807) is 0 Å². The minimum Gasteiger partial charge on any atom is -0.369 e. The number of piperazine rings is 1. The van der Waals surface area contributed by atoms with Crippen LogP contribution in [0.5, 0.6) is 0 Å². The molecular formula is C15H23N3. The lowest BCUT2D eigenvalue weighted by Gasteiger charge is -2.40. The highest BCUT2D eigenvalue weighted by atomic mass is 15.3. The van der Waals surface area contributed by atoms with Gasteiger partial charge in [0.1, 0.15) is 0 Å². The molecular weight excluding hydrogens is 222 g/mol. The first-order valence-electron chi connectivity index (χ1n) is 7.14. The van der Waals surface area contributed by atoms with Crippen molar-refractivity contribution in [3.63, 3.8) is 0 Å². The van der Waals surface area contributed by atoms with Crippen LogP contribution in [0.4, 0.5) is 5.69 Å². The third kappa shape index (κ3) is 2.38. The second-order valence-electron chi connectivity index (χ2n) is 5.52. The predicted octanol–water partition coefficient (Wildman–Crippen LogP) is 1.69. The fourth-order valence-electron chi connectivity index (χ4n) is 3.37. The fourth-order valence-corrected chi connectivity index (χ4v) is 3.37. The highest BCUT2D eigenvalue weighted by Crippen LogP contribution is 2.25. The molecule has 2 atom stereocenters. The van der Waals surface area contributed by atoms with E-state index < -0.39 is 0 Å². The Morgan fingerprint density at radius 1 is 0.944 bits per heavy atom. The summed E-state index contributed by atoms with van der Waals surface area (Å²) in [6, 6.07) is 11.8. The first kappa shape index (κ1) is 12.0. The van der Waals surface area contributed by atoms with Gasteiger partial charge in [-0.15, -0.1) is 0 Å². The molecule has 0 spiro atoms. The van der Waals surface area contributed by atoms with E-state index in [0.717, 1.165) is 26.2 Å². The quantitative estimate of drug-likeness (QED) is 0.860. The minimum absolute atomic E-state index is 0.410. The maximum Gasteiger partial charge on any atom is 0.0367 e. The van der Waals surface area contributed by atoms with E-state index in [-0.39, 0.29) is 0 Å². The molecule has 0 amide bonds. The first-order chi connectivity index (χ1) is 8.84. The zero-order valence-corrected chi connectivity index (χ0v) is 11.0. The summed E-state index contributed by atoms with van der Waals surface area (Å²) in [6.45, 7) is 4.58. The Labute approximate surface area is 110 Å². The summed E-state index contributed by atoms with van der Waals surface area (Å²) in [7, 11) is 0. The van der Waals surface area contributed by atoms with Crippen LogP contribution < -0.4 is 10.6 Å². The molecule has 2 N–H and O–H groups in total. The molecule has 1 saturated heterocycles. The van der Waals surface area contributed by atoms with Crippen LogP contribution in [0.15, 0.2) is 30.3 Å². The Bertz CT molecular complexity index is 371. The van der Waals surface area contributed by atoms with Gasteiger partial charge in [-0.2, -0.15) is 0 Å². The molecule has 0 aromatic heterocycles. The summed E-state index contributed by atoms with van der Waals surface area (Å²) < 4.78 is 0. The Balaban J connectivity index is 1.58. The van der Waals surface area contributed by atoms with Gasteiger partial charge in [0.25, 0.3) is 0 Å². The Hall–Kier alpha value is -1.06. The molecule has 1 aromatic carbocycles. The van der Waals surface area contributed by atoms with Gasteiger partial charge in [-0.05, 0) is 25.0 Å². The van der Waals surface area contributed by atoms with Gasteiger partial charge in [0.05, 0.1) is 0 Å². The molecule has 2 aliphatic rings. The van der Waals surface area contributed by atoms with Crippen molar-refractivity contribution in [1.82, 2.24) is 4.90 Å². The monoisotopic (exact) mass is 245 g/mol. The molecule has 3 rings (SSSR count). The van der Waals surface area contributed by atoms with Gasteiger partial charge in [0.15, 0.2) is 0 Å². The van der Waals surface area contributed by atoms with Crippen LogP contribution in [-0.4, -0.2) is 43.2 Å².